The second kappa shape index (κ2) is 4.78. The minimum absolute atomic E-state index is 0.211. The lowest BCUT2D eigenvalue weighted by Crippen LogP contribution is -2.08. The van der Waals surface area contributed by atoms with E-state index in [2.05, 4.69) is 4.98 Å². The molecule has 0 saturated carbocycles. The molecule has 0 aliphatic heterocycles. The van der Waals surface area contributed by atoms with Crippen LogP contribution in [0.1, 0.15) is 22.9 Å². The molecule has 0 fully saturated rings. The van der Waals surface area contributed by atoms with Gasteiger partial charge in [-0.25, -0.2) is 13.2 Å². The Hall–Kier alpha value is -1.88. The quantitative estimate of drug-likeness (QED) is 0.835. The molecule has 0 aliphatic rings. The Balaban J connectivity index is 2.50. The highest BCUT2D eigenvalue weighted by Gasteiger charge is 2.22. The van der Waals surface area contributed by atoms with Crippen LogP contribution < -0.4 is 0 Å². The Morgan fingerprint density at radius 1 is 1.11 bits per heavy atom. The highest BCUT2D eigenvalue weighted by atomic mass is 19.2. The molecule has 0 radical (unpaired) electrons. The van der Waals surface area contributed by atoms with E-state index in [0.29, 0.717) is 5.56 Å². The van der Waals surface area contributed by atoms with Gasteiger partial charge in [0, 0.05) is 11.8 Å². The molecule has 1 heterocycles. The van der Waals surface area contributed by atoms with Gasteiger partial charge in [-0.05, 0) is 30.7 Å². The second-order valence-electron chi connectivity index (χ2n) is 3.87. The number of nitrogens with zero attached hydrogens (tertiary/aromatic N) is 1. The number of aryl methyl sites for hydroxylation is 1. The van der Waals surface area contributed by atoms with E-state index in [-0.39, 0.29) is 11.3 Å². The fourth-order valence-electron chi connectivity index (χ4n) is 1.68. The topological polar surface area (TPSA) is 33.1 Å². The van der Waals surface area contributed by atoms with Crippen LogP contribution in [0.3, 0.4) is 0 Å². The predicted octanol–water partition coefficient (Wildman–Crippen LogP) is 2.89. The molecule has 2 rings (SSSR count). The van der Waals surface area contributed by atoms with Crippen molar-refractivity contribution < 1.29 is 18.3 Å². The molecule has 1 aromatic heterocycles. The molecule has 1 aromatic carbocycles. The fraction of sp³-hybridized carbons (Fsp3) is 0.154. The summed E-state index contributed by atoms with van der Waals surface area (Å²) in [7, 11) is 0. The van der Waals surface area contributed by atoms with Crippen molar-refractivity contribution in [3.8, 4) is 0 Å². The maximum Gasteiger partial charge on any atom is 0.194 e. The van der Waals surface area contributed by atoms with Gasteiger partial charge < -0.3 is 5.11 Å². The van der Waals surface area contributed by atoms with Gasteiger partial charge in [0.25, 0.3) is 0 Å². The summed E-state index contributed by atoms with van der Waals surface area (Å²) in [5.41, 5.74) is 0.507. The molecule has 2 aromatic rings. The van der Waals surface area contributed by atoms with Crippen LogP contribution in [0.15, 0.2) is 30.5 Å². The number of pyridine rings is 1. The summed E-state index contributed by atoms with van der Waals surface area (Å²) in [5, 5.41) is 9.98. The molecule has 18 heavy (non-hydrogen) atoms. The Kier molecular flexibility index (Phi) is 3.34. The number of rotatable bonds is 2. The second-order valence-corrected chi connectivity index (χ2v) is 3.87. The number of aliphatic hydroxyl groups excluding tert-OH is 1. The van der Waals surface area contributed by atoms with Crippen molar-refractivity contribution in [3.63, 3.8) is 0 Å². The predicted molar refractivity (Wildman–Crippen MR) is 59.4 cm³/mol. The van der Waals surface area contributed by atoms with Crippen LogP contribution in [-0.2, 0) is 0 Å². The maximum atomic E-state index is 13.5. The number of aliphatic hydroxyl groups is 1. The zero-order valence-corrected chi connectivity index (χ0v) is 9.49. The summed E-state index contributed by atoms with van der Waals surface area (Å²) in [5.74, 6) is -4.28. The van der Waals surface area contributed by atoms with Gasteiger partial charge >= 0.3 is 0 Å². The molecular formula is C13H10F3NO. The van der Waals surface area contributed by atoms with E-state index < -0.39 is 23.6 Å². The summed E-state index contributed by atoms with van der Waals surface area (Å²) in [4.78, 5) is 3.91. The summed E-state index contributed by atoms with van der Waals surface area (Å²) in [6.45, 7) is 1.68. The zero-order valence-electron chi connectivity index (χ0n) is 9.49. The molecule has 5 heteroatoms. The molecule has 1 unspecified atom stereocenters. The number of aromatic nitrogens is 1. The van der Waals surface area contributed by atoms with Crippen LogP contribution in [0.4, 0.5) is 13.2 Å². The van der Waals surface area contributed by atoms with E-state index in [1.165, 1.54) is 6.20 Å². The first-order valence-corrected chi connectivity index (χ1v) is 5.25. The van der Waals surface area contributed by atoms with Crippen LogP contribution in [-0.4, -0.2) is 10.1 Å². The third-order valence-electron chi connectivity index (χ3n) is 2.67. The molecule has 0 saturated heterocycles. The van der Waals surface area contributed by atoms with Gasteiger partial charge in [-0.15, -0.1) is 0 Å². The summed E-state index contributed by atoms with van der Waals surface area (Å²) in [6.07, 6.45) is 0.00452. The van der Waals surface area contributed by atoms with Crippen molar-refractivity contribution in [2.24, 2.45) is 0 Å². The fourth-order valence-corrected chi connectivity index (χ4v) is 1.68. The van der Waals surface area contributed by atoms with Gasteiger partial charge in [0.1, 0.15) is 6.10 Å². The summed E-state index contributed by atoms with van der Waals surface area (Å²) < 4.78 is 39.4. The summed E-state index contributed by atoms with van der Waals surface area (Å²) in [6, 6.07) is 5.12. The van der Waals surface area contributed by atoms with Crippen molar-refractivity contribution in [2.75, 3.05) is 0 Å². The maximum absolute atomic E-state index is 13.5. The first-order chi connectivity index (χ1) is 8.52. The molecule has 2 nitrogen and oxygen atoms in total. The lowest BCUT2D eigenvalue weighted by atomic mass is 10.0. The lowest BCUT2D eigenvalue weighted by molar-refractivity contribution is 0.207. The van der Waals surface area contributed by atoms with E-state index >= 15 is 0 Å². The van der Waals surface area contributed by atoms with E-state index in [1.54, 1.807) is 19.1 Å². The van der Waals surface area contributed by atoms with Gasteiger partial charge in [-0.1, -0.05) is 6.07 Å². The Morgan fingerprint density at radius 2 is 1.83 bits per heavy atom. The molecular weight excluding hydrogens is 243 g/mol. The average molecular weight is 253 g/mol. The molecule has 0 amide bonds. The Labute approximate surface area is 102 Å². The Bertz CT molecular complexity index is 586. The largest absolute Gasteiger partial charge is 0.382 e. The first kappa shape index (κ1) is 12.6. The minimum atomic E-state index is -1.60. The average Bonchev–Trinajstić information content (AvgIpc) is 2.36. The summed E-state index contributed by atoms with van der Waals surface area (Å²) >= 11 is 0. The van der Waals surface area contributed by atoms with Crippen molar-refractivity contribution in [3.05, 3.63) is 64.7 Å². The van der Waals surface area contributed by atoms with E-state index in [0.717, 1.165) is 12.1 Å². The highest BCUT2D eigenvalue weighted by molar-refractivity contribution is 5.31. The molecule has 1 N–H and O–H groups in total. The van der Waals surface area contributed by atoms with E-state index in [9.17, 15) is 18.3 Å². The molecule has 1 atom stereocenters. The smallest absolute Gasteiger partial charge is 0.194 e. The Morgan fingerprint density at radius 3 is 2.50 bits per heavy atom. The van der Waals surface area contributed by atoms with E-state index in [4.69, 9.17) is 0 Å². The molecule has 94 valence electrons. The molecule has 0 bridgehead atoms. The standard InChI is InChI=1S/C13H10F3NO/c1-7-3-2-6-17-12(7)13(18)8-4-5-9(14)11(16)10(8)15/h2-6,13,18H,1H3. The molecule has 0 aliphatic carbocycles. The van der Waals surface area contributed by atoms with Crippen molar-refractivity contribution >= 4 is 0 Å². The SMILES string of the molecule is Cc1cccnc1C(O)c1ccc(F)c(F)c1F. The highest BCUT2D eigenvalue weighted by Crippen LogP contribution is 2.27. The number of halogens is 3. The monoisotopic (exact) mass is 253 g/mol. The van der Waals surface area contributed by atoms with Crippen LogP contribution >= 0.6 is 0 Å². The van der Waals surface area contributed by atoms with Gasteiger partial charge in [0.15, 0.2) is 17.5 Å². The third-order valence-corrected chi connectivity index (χ3v) is 2.67. The van der Waals surface area contributed by atoms with E-state index in [1.807, 2.05) is 0 Å². The third kappa shape index (κ3) is 2.09. The number of hydrogen-bond acceptors (Lipinski definition) is 2. The van der Waals surface area contributed by atoms with Gasteiger partial charge in [0.2, 0.25) is 0 Å². The zero-order chi connectivity index (χ0) is 13.3. The van der Waals surface area contributed by atoms with Gasteiger partial charge in [0.05, 0.1) is 5.69 Å². The first-order valence-electron chi connectivity index (χ1n) is 5.25. The minimum Gasteiger partial charge on any atom is -0.382 e. The van der Waals surface area contributed by atoms with Crippen molar-refractivity contribution in [1.29, 1.82) is 0 Å². The van der Waals surface area contributed by atoms with Crippen molar-refractivity contribution in [1.82, 2.24) is 4.98 Å². The van der Waals surface area contributed by atoms with Crippen LogP contribution in [0.5, 0.6) is 0 Å². The number of hydrogen-bond donors (Lipinski definition) is 1. The van der Waals surface area contributed by atoms with Crippen LogP contribution in [0, 0.1) is 24.4 Å². The normalized spacial score (nSPS) is 12.5. The van der Waals surface area contributed by atoms with Crippen LogP contribution in [0.2, 0.25) is 0 Å². The van der Waals surface area contributed by atoms with Gasteiger partial charge in [-0.2, -0.15) is 0 Å². The van der Waals surface area contributed by atoms with Crippen molar-refractivity contribution in [2.45, 2.75) is 13.0 Å². The van der Waals surface area contributed by atoms with Crippen LogP contribution in [0.25, 0.3) is 0 Å². The van der Waals surface area contributed by atoms with Gasteiger partial charge in [-0.3, -0.25) is 4.98 Å². The lowest BCUT2D eigenvalue weighted by Gasteiger charge is -2.14. The molecule has 0 spiro atoms. The number of benzene rings is 1.